The Balaban J connectivity index is 1.54. The first-order valence-electron chi connectivity index (χ1n) is 10.3. The number of hydrogen-bond acceptors (Lipinski definition) is 6. The van der Waals surface area contributed by atoms with Crippen LogP contribution < -0.4 is 15.5 Å². The third kappa shape index (κ3) is 4.62. The molecule has 0 saturated carbocycles. The number of benzene rings is 2. The van der Waals surface area contributed by atoms with E-state index in [0.717, 1.165) is 0 Å². The minimum Gasteiger partial charge on any atom is -0.462 e. The van der Waals surface area contributed by atoms with Crippen LogP contribution in [0, 0.1) is 0 Å². The van der Waals surface area contributed by atoms with E-state index in [2.05, 4.69) is 10.6 Å². The minimum absolute atomic E-state index is 0.0551. The molecule has 1 atom stereocenters. The fraction of sp³-hybridized carbons (Fsp3) is 0.167. The summed E-state index contributed by atoms with van der Waals surface area (Å²) < 4.78 is 10.2. The van der Waals surface area contributed by atoms with E-state index in [1.165, 1.54) is 29.4 Å². The van der Waals surface area contributed by atoms with Crippen molar-refractivity contribution in [2.24, 2.45) is 0 Å². The molecular weight excluding hydrogens is 426 g/mol. The van der Waals surface area contributed by atoms with Gasteiger partial charge in [-0.05, 0) is 55.5 Å². The van der Waals surface area contributed by atoms with Crippen LogP contribution in [0.25, 0.3) is 0 Å². The lowest BCUT2D eigenvalue weighted by molar-refractivity contribution is -0.122. The first kappa shape index (κ1) is 21.8. The number of para-hydroxylation sites is 2. The number of esters is 1. The molecule has 33 heavy (non-hydrogen) atoms. The fourth-order valence-electron chi connectivity index (χ4n) is 3.54. The maximum absolute atomic E-state index is 13.2. The second-order valence-electron chi connectivity index (χ2n) is 7.22. The van der Waals surface area contributed by atoms with E-state index in [-0.39, 0.29) is 18.8 Å². The van der Waals surface area contributed by atoms with Gasteiger partial charge in [0.2, 0.25) is 11.8 Å². The average Bonchev–Trinajstić information content (AvgIpc) is 3.35. The largest absolute Gasteiger partial charge is 0.462 e. The molecule has 0 aliphatic carbocycles. The molecule has 2 N–H and O–H groups in total. The molecule has 9 nitrogen and oxygen atoms in total. The lowest BCUT2D eigenvalue weighted by atomic mass is 10.0. The van der Waals surface area contributed by atoms with Crippen molar-refractivity contribution < 1.29 is 28.3 Å². The Morgan fingerprint density at radius 1 is 1.06 bits per heavy atom. The maximum Gasteiger partial charge on any atom is 0.338 e. The highest BCUT2D eigenvalue weighted by Crippen LogP contribution is 2.34. The summed E-state index contributed by atoms with van der Waals surface area (Å²) in [5, 5.41) is 5.44. The summed E-state index contributed by atoms with van der Waals surface area (Å²) in [7, 11) is 0. The van der Waals surface area contributed by atoms with Crippen molar-refractivity contribution in [3.63, 3.8) is 0 Å². The molecule has 0 spiro atoms. The molecule has 0 radical (unpaired) electrons. The van der Waals surface area contributed by atoms with Crippen molar-refractivity contribution in [2.75, 3.05) is 22.1 Å². The molecule has 2 aromatic carbocycles. The number of ether oxygens (including phenoxy) is 1. The Kier molecular flexibility index (Phi) is 6.21. The lowest BCUT2D eigenvalue weighted by Crippen LogP contribution is -2.52. The summed E-state index contributed by atoms with van der Waals surface area (Å²) in [5.74, 6) is -1.89. The monoisotopic (exact) mass is 447 g/mol. The van der Waals surface area contributed by atoms with Gasteiger partial charge in [0.05, 0.1) is 36.2 Å². The molecule has 1 aromatic heterocycles. The number of rotatable bonds is 6. The van der Waals surface area contributed by atoms with Crippen molar-refractivity contribution in [3.8, 4) is 0 Å². The van der Waals surface area contributed by atoms with Gasteiger partial charge in [-0.2, -0.15) is 0 Å². The highest BCUT2D eigenvalue weighted by molar-refractivity contribution is 6.17. The van der Waals surface area contributed by atoms with Gasteiger partial charge in [-0.3, -0.25) is 19.3 Å². The Hall–Kier alpha value is -4.40. The summed E-state index contributed by atoms with van der Waals surface area (Å²) in [6.45, 7) is 1.98. The summed E-state index contributed by atoms with van der Waals surface area (Å²) >= 11 is 0. The van der Waals surface area contributed by atoms with Gasteiger partial charge < -0.3 is 19.8 Å². The van der Waals surface area contributed by atoms with Gasteiger partial charge in [0.15, 0.2) is 5.76 Å². The average molecular weight is 447 g/mol. The molecule has 0 fully saturated rings. The van der Waals surface area contributed by atoms with Gasteiger partial charge in [0.1, 0.15) is 6.04 Å². The zero-order valence-electron chi connectivity index (χ0n) is 17.7. The smallest absolute Gasteiger partial charge is 0.338 e. The van der Waals surface area contributed by atoms with Gasteiger partial charge >= 0.3 is 5.97 Å². The fourth-order valence-corrected chi connectivity index (χ4v) is 3.54. The highest BCUT2D eigenvalue weighted by Gasteiger charge is 2.39. The Labute approximate surface area is 189 Å². The highest BCUT2D eigenvalue weighted by atomic mass is 16.5. The van der Waals surface area contributed by atoms with E-state index >= 15 is 0 Å². The van der Waals surface area contributed by atoms with Crippen LogP contribution in [-0.2, 0) is 14.3 Å². The maximum atomic E-state index is 13.2. The van der Waals surface area contributed by atoms with Gasteiger partial charge in [-0.25, -0.2) is 4.79 Å². The lowest BCUT2D eigenvalue weighted by Gasteiger charge is -2.35. The van der Waals surface area contributed by atoms with Crippen molar-refractivity contribution in [1.29, 1.82) is 0 Å². The zero-order valence-corrected chi connectivity index (χ0v) is 17.7. The number of furan rings is 1. The third-order valence-electron chi connectivity index (χ3n) is 5.05. The first-order chi connectivity index (χ1) is 16.0. The van der Waals surface area contributed by atoms with Gasteiger partial charge in [0.25, 0.3) is 5.91 Å². The summed E-state index contributed by atoms with van der Waals surface area (Å²) in [5.41, 5.74) is 1.73. The van der Waals surface area contributed by atoms with Crippen molar-refractivity contribution in [1.82, 2.24) is 0 Å². The number of carbonyl (C=O) groups is 4. The molecule has 9 heteroatoms. The number of carbonyl (C=O) groups excluding carboxylic acids is 4. The van der Waals surface area contributed by atoms with E-state index in [1.807, 2.05) is 0 Å². The van der Waals surface area contributed by atoms with E-state index in [9.17, 15) is 19.2 Å². The number of anilines is 3. The van der Waals surface area contributed by atoms with Crippen molar-refractivity contribution >= 4 is 40.8 Å². The third-order valence-corrected chi connectivity index (χ3v) is 5.05. The van der Waals surface area contributed by atoms with Crippen LogP contribution in [0.2, 0.25) is 0 Å². The molecule has 1 aliphatic heterocycles. The summed E-state index contributed by atoms with van der Waals surface area (Å²) in [6.07, 6.45) is 1.08. The second-order valence-corrected chi connectivity index (χ2v) is 7.22. The van der Waals surface area contributed by atoms with Crippen molar-refractivity contribution in [2.45, 2.75) is 19.4 Å². The Bertz CT molecular complexity index is 1190. The van der Waals surface area contributed by atoms with Crippen LogP contribution in [0.4, 0.5) is 17.1 Å². The van der Waals surface area contributed by atoms with Crippen LogP contribution in [0.5, 0.6) is 0 Å². The quantitative estimate of drug-likeness (QED) is 0.559. The van der Waals surface area contributed by atoms with Crippen LogP contribution in [0.3, 0.4) is 0 Å². The minimum atomic E-state index is -1.09. The normalized spacial score (nSPS) is 14.8. The molecule has 3 amide bonds. The zero-order chi connectivity index (χ0) is 23.4. The summed E-state index contributed by atoms with van der Waals surface area (Å²) in [6, 6.07) is 15.0. The molecule has 168 valence electrons. The van der Waals surface area contributed by atoms with Crippen LogP contribution in [0.15, 0.2) is 71.3 Å². The molecule has 0 bridgehead atoms. The number of amides is 3. The van der Waals surface area contributed by atoms with E-state index in [4.69, 9.17) is 9.15 Å². The second kappa shape index (κ2) is 9.39. The van der Waals surface area contributed by atoms with Crippen LogP contribution in [-0.4, -0.2) is 36.3 Å². The molecule has 4 rings (SSSR count). The van der Waals surface area contributed by atoms with Crippen LogP contribution in [0.1, 0.15) is 34.3 Å². The SMILES string of the molecule is CCOC(=O)c1ccc(NC(=O)C[C@H]2C(=O)Nc3ccccc3N2C(=O)c2ccco2)cc1. The van der Waals surface area contributed by atoms with Gasteiger partial charge in [-0.1, -0.05) is 12.1 Å². The first-order valence-corrected chi connectivity index (χ1v) is 10.3. The van der Waals surface area contributed by atoms with Crippen molar-refractivity contribution in [3.05, 3.63) is 78.3 Å². The molecule has 3 aromatic rings. The van der Waals surface area contributed by atoms with E-state index < -0.39 is 29.7 Å². The predicted octanol–water partition coefficient (Wildman–Crippen LogP) is 3.45. The van der Waals surface area contributed by atoms with Gasteiger partial charge in [-0.15, -0.1) is 0 Å². The number of nitrogens with one attached hydrogen (secondary N) is 2. The molecule has 0 saturated heterocycles. The Morgan fingerprint density at radius 2 is 1.82 bits per heavy atom. The number of nitrogens with zero attached hydrogens (tertiary/aromatic N) is 1. The van der Waals surface area contributed by atoms with Crippen LogP contribution >= 0.6 is 0 Å². The number of fused-ring (bicyclic) bond motifs is 1. The van der Waals surface area contributed by atoms with E-state index in [1.54, 1.807) is 49.4 Å². The standard InChI is InChI=1S/C24H21N3O6/c1-2-32-24(31)15-9-11-16(12-10-15)25-21(28)14-19-22(29)26-17-6-3-4-7-18(17)27(19)23(30)20-8-5-13-33-20/h3-13,19H,2,14H2,1H3,(H,25,28)(H,26,29)/t19-/m0/s1. The number of hydrogen-bond donors (Lipinski definition) is 2. The van der Waals surface area contributed by atoms with Gasteiger partial charge in [0, 0.05) is 5.69 Å². The van der Waals surface area contributed by atoms with E-state index in [0.29, 0.717) is 22.6 Å². The predicted molar refractivity (Wildman–Crippen MR) is 120 cm³/mol. The molecule has 0 unspecified atom stereocenters. The Morgan fingerprint density at radius 3 is 2.52 bits per heavy atom. The topological polar surface area (TPSA) is 118 Å². The molecular formula is C24H21N3O6. The summed E-state index contributed by atoms with van der Waals surface area (Å²) in [4.78, 5) is 51.8. The molecule has 1 aliphatic rings. The molecule has 2 heterocycles.